The van der Waals surface area contributed by atoms with Crippen LogP contribution in [0.1, 0.15) is 24.1 Å². The van der Waals surface area contributed by atoms with Gasteiger partial charge in [-0.25, -0.2) is 0 Å². The minimum atomic E-state index is -4.30. The molecule has 0 radical (unpaired) electrons. The molecule has 19 heavy (non-hydrogen) atoms. The minimum absolute atomic E-state index is 0.235. The van der Waals surface area contributed by atoms with Gasteiger partial charge in [-0.2, -0.15) is 13.2 Å². The first-order chi connectivity index (χ1) is 8.78. The molecule has 6 heteroatoms. The van der Waals surface area contributed by atoms with Gasteiger partial charge in [0.25, 0.3) is 0 Å². The molecular formula is C13H17F3N2O. The number of hydrogen-bond acceptors (Lipinski definition) is 2. The van der Waals surface area contributed by atoms with Crippen LogP contribution in [0.3, 0.4) is 0 Å². The Labute approximate surface area is 110 Å². The Kier molecular flexibility index (Phi) is 5.35. The van der Waals surface area contributed by atoms with E-state index < -0.39 is 18.6 Å². The van der Waals surface area contributed by atoms with Gasteiger partial charge in [0.05, 0.1) is 19.1 Å². The zero-order valence-electron chi connectivity index (χ0n) is 10.8. The Hall–Kier alpha value is -1.56. The smallest absolute Gasteiger partial charge is 0.348 e. The number of carbonyl (C=O) groups is 1. The Bertz CT molecular complexity index is 415. The van der Waals surface area contributed by atoms with Crippen molar-refractivity contribution in [1.82, 2.24) is 10.6 Å². The Balaban J connectivity index is 2.38. The van der Waals surface area contributed by atoms with Gasteiger partial charge >= 0.3 is 6.18 Å². The van der Waals surface area contributed by atoms with Crippen molar-refractivity contribution in [3.05, 3.63) is 35.4 Å². The molecule has 0 spiro atoms. The molecule has 0 heterocycles. The van der Waals surface area contributed by atoms with E-state index in [9.17, 15) is 18.0 Å². The highest BCUT2D eigenvalue weighted by Gasteiger charge is 2.26. The molecule has 0 aromatic heterocycles. The van der Waals surface area contributed by atoms with Crippen LogP contribution in [0.5, 0.6) is 0 Å². The number of hydrogen-bond donors (Lipinski definition) is 2. The molecule has 0 aliphatic rings. The van der Waals surface area contributed by atoms with Gasteiger partial charge in [0.2, 0.25) is 5.91 Å². The average molecular weight is 274 g/mol. The van der Waals surface area contributed by atoms with Crippen molar-refractivity contribution in [3.8, 4) is 0 Å². The molecule has 0 saturated heterocycles. The van der Waals surface area contributed by atoms with Gasteiger partial charge in [-0.3, -0.25) is 4.79 Å². The van der Waals surface area contributed by atoms with E-state index in [1.165, 1.54) is 0 Å². The summed E-state index contributed by atoms with van der Waals surface area (Å²) >= 11 is 0. The quantitative estimate of drug-likeness (QED) is 0.865. The van der Waals surface area contributed by atoms with Crippen molar-refractivity contribution in [3.63, 3.8) is 0 Å². The lowest BCUT2D eigenvalue weighted by molar-refractivity contribution is -0.128. The molecule has 1 unspecified atom stereocenters. The first kappa shape index (κ1) is 15.5. The summed E-state index contributed by atoms with van der Waals surface area (Å²) < 4.78 is 35.6. The van der Waals surface area contributed by atoms with Gasteiger partial charge in [-0.15, -0.1) is 0 Å². The van der Waals surface area contributed by atoms with Crippen molar-refractivity contribution in [2.75, 3.05) is 13.1 Å². The number of alkyl halides is 3. The first-order valence-corrected chi connectivity index (χ1v) is 5.91. The third-order valence-electron chi connectivity index (χ3n) is 2.57. The standard InChI is InChI=1S/C13H17F3N2O/c1-9-3-5-11(6-4-9)10(2)18-12(19)7-17-8-13(14,15)16/h3-6,10,17H,7-8H2,1-2H3,(H,18,19). The van der Waals surface area contributed by atoms with Gasteiger partial charge < -0.3 is 10.6 Å². The van der Waals surface area contributed by atoms with Gasteiger partial charge in [-0.05, 0) is 19.4 Å². The van der Waals surface area contributed by atoms with E-state index in [0.29, 0.717) is 0 Å². The summed E-state index contributed by atoms with van der Waals surface area (Å²) in [6, 6.07) is 7.35. The molecule has 0 aliphatic carbocycles. The van der Waals surface area contributed by atoms with Gasteiger partial charge in [-0.1, -0.05) is 29.8 Å². The lowest BCUT2D eigenvalue weighted by Crippen LogP contribution is -2.39. The lowest BCUT2D eigenvalue weighted by atomic mass is 10.1. The third-order valence-corrected chi connectivity index (χ3v) is 2.57. The number of rotatable bonds is 5. The normalized spacial score (nSPS) is 13.1. The monoisotopic (exact) mass is 274 g/mol. The van der Waals surface area contributed by atoms with Crippen molar-refractivity contribution in [1.29, 1.82) is 0 Å². The number of carbonyl (C=O) groups excluding carboxylic acids is 1. The zero-order chi connectivity index (χ0) is 14.5. The molecule has 2 N–H and O–H groups in total. The third kappa shape index (κ3) is 6.24. The van der Waals surface area contributed by atoms with E-state index >= 15 is 0 Å². The predicted molar refractivity (Wildman–Crippen MR) is 66.7 cm³/mol. The maximum atomic E-state index is 11.9. The Morgan fingerprint density at radius 3 is 2.37 bits per heavy atom. The molecule has 0 saturated carbocycles. The molecule has 106 valence electrons. The maximum Gasteiger partial charge on any atom is 0.401 e. The van der Waals surface area contributed by atoms with Crippen LogP contribution in [-0.2, 0) is 4.79 Å². The Morgan fingerprint density at radius 1 is 1.26 bits per heavy atom. The lowest BCUT2D eigenvalue weighted by Gasteiger charge is -2.15. The fourth-order valence-corrected chi connectivity index (χ4v) is 1.55. The maximum absolute atomic E-state index is 11.9. The number of nitrogens with one attached hydrogen (secondary N) is 2. The summed E-state index contributed by atoms with van der Waals surface area (Å²) in [4.78, 5) is 11.4. The summed E-state index contributed by atoms with van der Waals surface area (Å²) in [5.74, 6) is -0.461. The second-order valence-electron chi connectivity index (χ2n) is 4.42. The number of benzene rings is 1. The molecule has 1 atom stereocenters. The van der Waals surface area contributed by atoms with Crippen LogP contribution in [0, 0.1) is 6.92 Å². The molecule has 3 nitrogen and oxygen atoms in total. The fourth-order valence-electron chi connectivity index (χ4n) is 1.55. The van der Waals surface area contributed by atoms with Crippen molar-refractivity contribution < 1.29 is 18.0 Å². The molecule has 1 aromatic carbocycles. The van der Waals surface area contributed by atoms with Crippen LogP contribution in [-0.4, -0.2) is 25.2 Å². The number of aryl methyl sites for hydroxylation is 1. The molecule has 1 amide bonds. The van der Waals surface area contributed by atoms with Crippen molar-refractivity contribution in [2.45, 2.75) is 26.1 Å². The van der Waals surface area contributed by atoms with Crippen molar-refractivity contribution in [2.24, 2.45) is 0 Å². The summed E-state index contributed by atoms with van der Waals surface area (Å²) in [7, 11) is 0. The predicted octanol–water partition coefficient (Wildman–Crippen LogP) is 2.32. The summed E-state index contributed by atoms with van der Waals surface area (Å²) in [6.07, 6.45) is -4.30. The van der Waals surface area contributed by atoms with E-state index in [2.05, 4.69) is 10.6 Å². The summed E-state index contributed by atoms with van der Waals surface area (Å²) in [5, 5.41) is 4.69. The molecule has 0 aliphatic heterocycles. The molecule has 1 aromatic rings. The van der Waals surface area contributed by atoms with Crippen molar-refractivity contribution >= 4 is 5.91 Å². The fraction of sp³-hybridized carbons (Fsp3) is 0.462. The second kappa shape index (κ2) is 6.56. The second-order valence-corrected chi connectivity index (χ2v) is 4.42. The van der Waals surface area contributed by atoms with Crippen LogP contribution >= 0.6 is 0 Å². The highest BCUT2D eigenvalue weighted by molar-refractivity contribution is 5.78. The molecule has 0 fully saturated rings. The summed E-state index contributed by atoms with van der Waals surface area (Å²) in [5.41, 5.74) is 2.02. The average Bonchev–Trinajstić information content (AvgIpc) is 2.27. The van der Waals surface area contributed by atoms with Crippen LogP contribution in [0.2, 0.25) is 0 Å². The Morgan fingerprint density at radius 2 is 1.84 bits per heavy atom. The highest BCUT2D eigenvalue weighted by Crippen LogP contribution is 2.13. The van der Waals surface area contributed by atoms with E-state index in [0.717, 1.165) is 11.1 Å². The first-order valence-electron chi connectivity index (χ1n) is 5.91. The van der Waals surface area contributed by atoms with Gasteiger partial charge in [0.15, 0.2) is 0 Å². The van der Waals surface area contributed by atoms with Gasteiger partial charge in [0, 0.05) is 0 Å². The summed E-state index contributed by atoms with van der Waals surface area (Å²) in [6.45, 7) is 2.22. The van der Waals surface area contributed by atoms with Crippen LogP contribution < -0.4 is 10.6 Å². The van der Waals surface area contributed by atoms with Gasteiger partial charge in [0.1, 0.15) is 0 Å². The largest absolute Gasteiger partial charge is 0.401 e. The molecule has 1 rings (SSSR count). The van der Waals surface area contributed by atoms with E-state index in [1.54, 1.807) is 6.92 Å². The van der Waals surface area contributed by atoms with E-state index in [4.69, 9.17) is 0 Å². The molecular weight excluding hydrogens is 257 g/mol. The molecule has 0 bridgehead atoms. The SMILES string of the molecule is Cc1ccc(C(C)NC(=O)CNCC(F)(F)F)cc1. The van der Waals surface area contributed by atoms with Crippen LogP contribution in [0.25, 0.3) is 0 Å². The van der Waals surface area contributed by atoms with E-state index in [-0.39, 0.29) is 12.6 Å². The van der Waals surface area contributed by atoms with Crippen LogP contribution in [0.15, 0.2) is 24.3 Å². The zero-order valence-corrected chi connectivity index (χ0v) is 10.8. The minimum Gasteiger partial charge on any atom is -0.348 e. The highest BCUT2D eigenvalue weighted by atomic mass is 19.4. The van der Waals surface area contributed by atoms with Crippen LogP contribution in [0.4, 0.5) is 13.2 Å². The topological polar surface area (TPSA) is 41.1 Å². The number of halogens is 3. The van der Waals surface area contributed by atoms with E-state index in [1.807, 2.05) is 31.2 Å². The number of amides is 1.